The maximum Gasteiger partial charge on any atom is 0.147 e. The molecule has 3 aromatic rings. The fourth-order valence-electron chi connectivity index (χ4n) is 1.77. The van der Waals surface area contributed by atoms with Crippen LogP contribution in [0.4, 0.5) is 5.69 Å². The van der Waals surface area contributed by atoms with Crippen molar-refractivity contribution < 1.29 is 0 Å². The molecule has 0 saturated heterocycles. The number of fused-ring (bicyclic) bond motifs is 1. The van der Waals surface area contributed by atoms with Gasteiger partial charge in [0.25, 0.3) is 0 Å². The van der Waals surface area contributed by atoms with Gasteiger partial charge in [0.2, 0.25) is 0 Å². The normalized spacial score (nSPS) is 11.1. The van der Waals surface area contributed by atoms with Crippen LogP contribution in [0, 0.1) is 0 Å². The lowest BCUT2D eigenvalue weighted by atomic mass is 10.3. The van der Waals surface area contributed by atoms with E-state index < -0.39 is 0 Å². The van der Waals surface area contributed by atoms with Gasteiger partial charge >= 0.3 is 0 Å². The van der Waals surface area contributed by atoms with Crippen LogP contribution in [0.3, 0.4) is 0 Å². The van der Waals surface area contributed by atoms with Crippen LogP contribution in [0.1, 0.15) is 0 Å². The minimum atomic E-state index is 0.705. The Bertz CT molecular complexity index is 635. The van der Waals surface area contributed by atoms with Crippen molar-refractivity contribution in [1.82, 2.24) is 14.8 Å². The largest absolute Gasteiger partial charge is 0.395 e. The Labute approximate surface area is 103 Å². The number of benzene rings is 1. The van der Waals surface area contributed by atoms with Gasteiger partial charge in [-0.25, -0.2) is 0 Å². The number of nitrogen functional groups attached to an aromatic ring is 1. The molecule has 3 rings (SSSR count). The second-order valence-electron chi connectivity index (χ2n) is 3.89. The van der Waals surface area contributed by atoms with Crippen LogP contribution >= 0.6 is 11.8 Å². The highest BCUT2D eigenvalue weighted by Crippen LogP contribution is 2.31. The van der Waals surface area contributed by atoms with E-state index in [4.69, 9.17) is 5.73 Å². The maximum absolute atomic E-state index is 5.87. The van der Waals surface area contributed by atoms with E-state index in [1.54, 1.807) is 16.4 Å². The van der Waals surface area contributed by atoms with Gasteiger partial charge in [-0.15, -0.1) is 0 Å². The Morgan fingerprint density at radius 1 is 1.35 bits per heavy atom. The van der Waals surface area contributed by atoms with Gasteiger partial charge in [-0.3, -0.25) is 4.68 Å². The van der Waals surface area contributed by atoms with E-state index in [0.29, 0.717) is 5.69 Å². The Balaban J connectivity index is 1.97. The fraction of sp³-hybridized carbons (Fsp3) is 0.0833. The molecule has 0 atom stereocenters. The molecule has 0 aliphatic carbocycles. The van der Waals surface area contributed by atoms with Crippen LogP contribution in [0.5, 0.6) is 0 Å². The van der Waals surface area contributed by atoms with Gasteiger partial charge in [-0.05, 0) is 23.9 Å². The minimum Gasteiger partial charge on any atom is -0.395 e. The molecule has 0 unspecified atom stereocenters. The van der Waals surface area contributed by atoms with E-state index in [1.165, 1.54) is 5.39 Å². The second kappa shape index (κ2) is 3.85. The van der Waals surface area contributed by atoms with Crippen molar-refractivity contribution in [3.63, 3.8) is 0 Å². The number of nitrogens with zero attached hydrogens (tertiary/aromatic N) is 2. The summed E-state index contributed by atoms with van der Waals surface area (Å²) in [5.74, 6) is 0. The van der Waals surface area contributed by atoms with Crippen molar-refractivity contribution in [1.29, 1.82) is 0 Å². The minimum absolute atomic E-state index is 0.705. The molecule has 2 aromatic heterocycles. The summed E-state index contributed by atoms with van der Waals surface area (Å²) in [6.07, 6.45) is 1.81. The predicted molar refractivity (Wildman–Crippen MR) is 70.0 cm³/mol. The number of anilines is 1. The molecule has 0 amide bonds. The zero-order valence-corrected chi connectivity index (χ0v) is 10.2. The molecular formula is C12H12N4S. The van der Waals surface area contributed by atoms with Crippen LogP contribution in [0.25, 0.3) is 10.9 Å². The highest BCUT2D eigenvalue weighted by molar-refractivity contribution is 7.99. The van der Waals surface area contributed by atoms with E-state index in [9.17, 15) is 0 Å². The monoisotopic (exact) mass is 244 g/mol. The Kier molecular flexibility index (Phi) is 2.33. The average molecular weight is 244 g/mol. The molecule has 86 valence electrons. The van der Waals surface area contributed by atoms with E-state index >= 15 is 0 Å². The number of nitrogens with one attached hydrogen (secondary N) is 1. The predicted octanol–water partition coefficient (Wildman–Crippen LogP) is 2.63. The third kappa shape index (κ3) is 1.89. The first-order valence-electron chi connectivity index (χ1n) is 5.27. The second-order valence-corrected chi connectivity index (χ2v) is 4.92. The maximum atomic E-state index is 5.87. The highest BCUT2D eigenvalue weighted by Gasteiger charge is 2.08. The van der Waals surface area contributed by atoms with Gasteiger partial charge in [-0.1, -0.05) is 18.2 Å². The van der Waals surface area contributed by atoms with Crippen molar-refractivity contribution >= 4 is 28.4 Å². The Morgan fingerprint density at radius 3 is 2.88 bits per heavy atom. The number of rotatable bonds is 2. The summed E-state index contributed by atoms with van der Waals surface area (Å²) in [5, 5.41) is 7.39. The molecule has 0 saturated carbocycles. The van der Waals surface area contributed by atoms with Crippen LogP contribution in [0.15, 0.2) is 46.6 Å². The number of aromatic amines is 1. The number of hydrogen-bond donors (Lipinski definition) is 2. The zero-order chi connectivity index (χ0) is 11.8. The van der Waals surface area contributed by atoms with Crippen LogP contribution in [-0.2, 0) is 7.05 Å². The molecular weight excluding hydrogens is 232 g/mol. The summed E-state index contributed by atoms with van der Waals surface area (Å²) >= 11 is 1.55. The van der Waals surface area contributed by atoms with Crippen molar-refractivity contribution in [3.8, 4) is 0 Å². The van der Waals surface area contributed by atoms with Gasteiger partial charge in [0, 0.05) is 24.1 Å². The first-order valence-corrected chi connectivity index (χ1v) is 6.09. The summed E-state index contributed by atoms with van der Waals surface area (Å²) in [6.45, 7) is 0. The van der Waals surface area contributed by atoms with Crippen LogP contribution < -0.4 is 5.73 Å². The molecule has 4 nitrogen and oxygen atoms in total. The lowest BCUT2D eigenvalue weighted by Crippen LogP contribution is -1.86. The van der Waals surface area contributed by atoms with Crippen LogP contribution in [-0.4, -0.2) is 14.8 Å². The van der Waals surface area contributed by atoms with Gasteiger partial charge in [0.1, 0.15) is 5.03 Å². The highest BCUT2D eigenvalue weighted by atomic mass is 32.2. The summed E-state index contributed by atoms with van der Waals surface area (Å²) in [5.41, 5.74) is 7.70. The SMILES string of the molecule is Cn1cc(N)c(Sc2cc3ccccc3[nH]2)n1. The molecule has 0 spiro atoms. The van der Waals surface area contributed by atoms with E-state index in [-0.39, 0.29) is 0 Å². The Morgan fingerprint density at radius 2 is 2.18 bits per heavy atom. The quantitative estimate of drug-likeness (QED) is 0.728. The summed E-state index contributed by atoms with van der Waals surface area (Å²) in [4.78, 5) is 3.34. The van der Waals surface area contributed by atoms with Gasteiger partial charge in [0.15, 0.2) is 0 Å². The molecule has 0 radical (unpaired) electrons. The molecule has 17 heavy (non-hydrogen) atoms. The van der Waals surface area contributed by atoms with Gasteiger partial charge in [0.05, 0.1) is 10.7 Å². The average Bonchev–Trinajstić information content (AvgIpc) is 2.82. The first kappa shape index (κ1) is 10.3. The van der Waals surface area contributed by atoms with Gasteiger partial charge < -0.3 is 10.7 Å². The number of aromatic nitrogens is 3. The molecule has 5 heteroatoms. The van der Waals surface area contributed by atoms with E-state index in [1.807, 2.05) is 25.4 Å². The van der Waals surface area contributed by atoms with Crippen molar-refractivity contribution in [3.05, 3.63) is 36.5 Å². The Hall–Kier alpha value is -1.88. The van der Waals surface area contributed by atoms with Crippen molar-refractivity contribution in [2.45, 2.75) is 10.1 Å². The van der Waals surface area contributed by atoms with E-state index in [2.05, 4.69) is 28.3 Å². The number of hydrogen-bond acceptors (Lipinski definition) is 3. The topological polar surface area (TPSA) is 59.6 Å². The summed E-state index contributed by atoms with van der Waals surface area (Å²) in [6, 6.07) is 10.3. The lowest BCUT2D eigenvalue weighted by Gasteiger charge is -1.94. The number of para-hydroxylation sites is 1. The molecule has 0 aliphatic rings. The smallest absolute Gasteiger partial charge is 0.147 e. The third-order valence-corrected chi connectivity index (χ3v) is 3.48. The van der Waals surface area contributed by atoms with Crippen molar-refractivity contribution in [2.75, 3.05) is 5.73 Å². The summed E-state index contributed by atoms with van der Waals surface area (Å²) in [7, 11) is 1.87. The number of H-pyrrole nitrogens is 1. The standard InChI is InChI=1S/C12H12N4S/c1-16-7-9(13)12(15-16)17-11-6-8-4-2-3-5-10(8)14-11/h2-7,14H,13H2,1H3. The molecule has 0 bridgehead atoms. The van der Waals surface area contributed by atoms with Crippen LogP contribution in [0.2, 0.25) is 0 Å². The number of aryl methyl sites for hydroxylation is 1. The molecule has 3 N–H and O–H groups in total. The van der Waals surface area contributed by atoms with E-state index in [0.717, 1.165) is 15.6 Å². The summed E-state index contributed by atoms with van der Waals surface area (Å²) < 4.78 is 1.72. The molecule has 0 fully saturated rings. The third-order valence-electron chi connectivity index (χ3n) is 2.53. The molecule has 2 heterocycles. The zero-order valence-electron chi connectivity index (χ0n) is 9.34. The molecule has 1 aromatic carbocycles. The fourth-order valence-corrected chi connectivity index (χ4v) is 2.67. The van der Waals surface area contributed by atoms with Crippen molar-refractivity contribution in [2.24, 2.45) is 7.05 Å². The first-order chi connectivity index (χ1) is 8.22. The number of nitrogens with two attached hydrogens (primary N) is 1. The lowest BCUT2D eigenvalue weighted by molar-refractivity contribution is 0.738. The molecule has 0 aliphatic heterocycles. The van der Waals surface area contributed by atoms with Gasteiger partial charge in [-0.2, -0.15) is 5.10 Å².